The van der Waals surface area contributed by atoms with Crippen LogP contribution in [0.1, 0.15) is 30.1 Å². The summed E-state index contributed by atoms with van der Waals surface area (Å²) in [6, 6.07) is 7.07. The van der Waals surface area contributed by atoms with Gasteiger partial charge < -0.3 is 15.2 Å². The molecule has 1 rings (SSSR count). The molecule has 0 saturated heterocycles. The monoisotopic (exact) mass is 285 g/mol. The molecule has 0 spiro atoms. The maximum atomic E-state index is 11.9. The lowest BCUT2D eigenvalue weighted by Gasteiger charge is -2.13. The summed E-state index contributed by atoms with van der Waals surface area (Å²) in [5.41, 5.74) is 1.12. The summed E-state index contributed by atoms with van der Waals surface area (Å²) in [6.45, 7) is 2.76. The van der Waals surface area contributed by atoms with Crippen molar-refractivity contribution in [3.05, 3.63) is 29.8 Å². The minimum atomic E-state index is -0.647. The number of carbonyl (C=O) groups excluding carboxylic acids is 1. The Morgan fingerprint density at radius 3 is 2.89 bits per heavy atom. The molecule has 1 atom stereocenters. The number of para-hydroxylation sites is 1. The van der Waals surface area contributed by atoms with Crippen LogP contribution in [0.5, 0.6) is 0 Å². The number of anilines is 1. The predicted octanol–water partition coefficient (Wildman–Crippen LogP) is 2.66. The molecule has 1 unspecified atom stereocenters. The highest BCUT2D eigenvalue weighted by Gasteiger charge is 2.12. The smallest absolute Gasteiger partial charge is 0.340 e. The number of halogens is 1. The van der Waals surface area contributed by atoms with Gasteiger partial charge >= 0.3 is 5.97 Å². The standard InChI is InChI=1S/C14H20ClNO3/c1-2-3-8-19-14(18)12-6-4-5-7-13(12)16-10-11(17)9-15/h4-7,11,16-17H,2-3,8-10H2,1H3. The second-order valence-electron chi connectivity index (χ2n) is 4.22. The van der Waals surface area contributed by atoms with Crippen LogP contribution in [-0.2, 0) is 4.74 Å². The largest absolute Gasteiger partial charge is 0.462 e. The fourth-order valence-corrected chi connectivity index (χ4v) is 1.59. The van der Waals surface area contributed by atoms with Crippen LogP contribution in [0.15, 0.2) is 24.3 Å². The van der Waals surface area contributed by atoms with Crippen molar-refractivity contribution in [3.8, 4) is 0 Å². The second kappa shape index (κ2) is 8.77. The molecule has 0 fully saturated rings. The molecule has 0 aliphatic rings. The summed E-state index contributed by atoms with van der Waals surface area (Å²) in [5.74, 6) is -0.201. The molecule has 2 N–H and O–H groups in total. The van der Waals surface area contributed by atoms with Gasteiger partial charge in [-0.1, -0.05) is 25.5 Å². The molecule has 0 aliphatic heterocycles. The Morgan fingerprint density at radius 1 is 1.47 bits per heavy atom. The highest BCUT2D eigenvalue weighted by atomic mass is 35.5. The lowest BCUT2D eigenvalue weighted by atomic mass is 10.1. The molecule has 4 nitrogen and oxygen atoms in total. The fourth-order valence-electron chi connectivity index (χ4n) is 1.48. The number of esters is 1. The summed E-state index contributed by atoms with van der Waals surface area (Å²) < 4.78 is 5.17. The van der Waals surface area contributed by atoms with Crippen molar-refractivity contribution in [2.45, 2.75) is 25.9 Å². The number of benzene rings is 1. The number of carbonyl (C=O) groups is 1. The van der Waals surface area contributed by atoms with Crippen molar-refractivity contribution in [1.29, 1.82) is 0 Å². The summed E-state index contributed by atoms with van der Waals surface area (Å²) in [5, 5.41) is 12.4. The van der Waals surface area contributed by atoms with Crippen molar-refractivity contribution in [2.75, 3.05) is 24.3 Å². The first kappa shape index (κ1) is 15.8. The fraction of sp³-hybridized carbons (Fsp3) is 0.500. The number of hydrogen-bond acceptors (Lipinski definition) is 4. The van der Waals surface area contributed by atoms with Gasteiger partial charge in [0.2, 0.25) is 0 Å². The Labute approximate surface area is 118 Å². The number of rotatable bonds is 8. The average Bonchev–Trinajstić information content (AvgIpc) is 2.45. The summed E-state index contributed by atoms with van der Waals surface area (Å²) in [6.07, 6.45) is 1.19. The number of nitrogens with one attached hydrogen (secondary N) is 1. The SMILES string of the molecule is CCCCOC(=O)c1ccccc1NCC(O)CCl. The minimum Gasteiger partial charge on any atom is -0.462 e. The first-order valence-corrected chi connectivity index (χ1v) is 6.96. The summed E-state index contributed by atoms with van der Waals surface area (Å²) in [4.78, 5) is 11.9. The van der Waals surface area contributed by atoms with E-state index in [1.807, 2.05) is 13.0 Å². The Kier molecular flexibility index (Phi) is 7.30. The maximum Gasteiger partial charge on any atom is 0.340 e. The molecule has 0 aliphatic carbocycles. The van der Waals surface area contributed by atoms with Gasteiger partial charge in [-0.05, 0) is 18.6 Å². The summed E-state index contributed by atoms with van der Waals surface area (Å²) >= 11 is 5.52. The zero-order valence-corrected chi connectivity index (χ0v) is 11.8. The maximum absolute atomic E-state index is 11.9. The third-order valence-electron chi connectivity index (χ3n) is 2.58. The molecule has 0 saturated carbocycles. The number of alkyl halides is 1. The minimum absolute atomic E-state index is 0.149. The first-order chi connectivity index (χ1) is 9.19. The van der Waals surface area contributed by atoms with Gasteiger partial charge in [0.25, 0.3) is 0 Å². The molecule has 5 heteroatoms. The van der Waals surface area contributed by atoms with E-state index in [0.717, 1.165) is 12.8 Å². The van der Waals surface area contributed by atoms with E-state index in [-0.39, 0.29) is 11.8 Å². The third-order valence-corrected chi connectivity index (χ3v) is 2.94. The first-order valence-electron chi connectivity index (χ1n) is 6.43. The molecular weight excluding hydrogens is 266 g/mol. The number of aliphatic hydroxyl groups is 1. The van der Waals surface area contributed by atoms with Crippen LogP contribution in [0.2, 0.25) is 0 Å². The van der Waals surface area contributed by atoms with Gasteiger partial charge in [-0.3, -0.25) is 0 Å². The Hall–Kier alpha value is -1.26. The van der Waals surface area contributed by atoms with Gasteiger partial charge in [0.15, 0.2) is 0 Å². The normalized spacial score (nSPS) is 11.9. The zero-order valence-electron chi connectivity index (χ0n) is 11.1. The number of ether oxygens (including phenoxy) is 1. The van der Waals surface area contributed by atoms with Gasteiger partial charge in [-0.15, -0.1) is 11.6 Å². The highest BCUT2D eigenvalue weighted by Crippen LogP contribution is 2.16. The van der Waals surface area contributed by atoms with Crippen molar-refractivity contribution < 1.29 is 14.6 Å². The van der Waals surface area contributed by atoms with E-state index < -0.39 is 6.10 Å². The lowest BCUT2D eigenvalue weighted by Crippen LogP contribution is -2.22. The summed E-state index contributed by atoms with van der Waals surface area (Å²) in [7, 11) is 0. The molecule has 0 heterocycles. The van der Waals surface area contributed by atoms with Gasteiger partial charge in [-0.2, -0.15) is 0 Å². The topological polar surface area (TPSA) is 58.6 Å². The van der Waals surface area contributed by atoms with Crippen LogP contribution in [0, 0.1) is 0 Å². The van der Waals surface area contributed by atoms with Gasteiger partial charge in [0.05, 0.1) is 24.2 Å². The van der Waals surface area contributed by atoms with Crippen molar-refractivity contribution >= 4 is 23.3 Å². The van der Waals surface area contributed by atoms with E-state index in [0.29, 0.717) is 24.4 Å². The van der Waals surface area contributed by atoms with E-state index in [2.05, 4.69) is 5.32 Å². The second-order valence-corrected chi connectivity index (χ2v) is 4.53. The van der Waals surface area contributed by atoms with E-state index in [1.54, 1.807) is 18.2 Å². The third kappa shape index (κ3) is 5.49. The van der Waals surface area contributed by atoms with Gasteiger partial charge in [0.1, 0.15) is 0 Å². The molecule has 106 valence electrons. The molecule has 19 heavy (non-hydrogen) atoms. The van der Waals surface area contributed by atoms with Crippen LogP contribution in [0.3, 0.4) is 0 Å². The Morgan fingerprint density at radius 2 is 2.21 bits per heavy atom. The van der Waals surface area contributed by atoms with E-state index in [1.165, 1.54) is 0 Å². The Bertz CT molecular complexity index is 398. The van der Waals surface area contributed by atoms with E-state index >= 15 is 0 Å². The average molecular weight is 286 g/mol. The molecule has 0 aromatic heterocycles. The van der Waals surface area contributed by atoms with Gasteiger partial charge in [0, 0.05) is 12.2 Å². The van der Waals surface area contributed by atoms with Crippen LogP contribution in [0.4, 0.5) is 5.69 Å². The predicted molar refractivity (Wildman–Crippen MR) is 76.8 cm³/mol. The highest BCUT2D eigenvalue weighted by molar-refractivity contribution is 6.18. The number of unbranched alkanes of at least 4 members (excludes halogenated alkanes) is 1. The van der Waals surface area contributed by atoms with Crippen molar-refractivity contribution in [2.24, 2.45) is 0 Å². The lowest BCUT2D eigenvalue weighted by molar-refractivity contribution is 0.0500. The van der Waals surface area contributed by atoms with Crippen molar-refractivity contribution in [1.82, 2.24) is 0 Å². The zero-order chi connectivity index (χ0) is 14.1. The molecule has 1 aromatic rings. The quantitative estimate of drug-likeness (QED) is 0.438. The molecule has 0 amide bonds. The molecule has 0 bridgehead atoms. The van der Waals surface area contributed by atoms with Gasteiger partial charge in [-0.25, -0.2) is 4.79 Å². The molecular formula is C14H20ClNO3. The van der Waals surface area contributed by atoms with Crippen LogP contribution in [0.25, 0.3) is 0 Å². The Balaban J connectivity index is 2.64. The molecule has 0 radical (unpaired) electrons. The van der Waals surface area contributed by atoms with E-state index in [4.69, 9.17) is 16.3 Å². The van der Waals surface area contributed by atoms with E-state index in [9.17, 15) is 9.90 Å². The van der Waals surface area contributed by atoms with Crippen LogP contribution < -0.4 is 5.32 Å². The van der Waals surface area contributed by atoms with Crippen LogP contribution in [-0.4, -0.2) is 36.2 Å². The van der Waals surface area contributed by atoms with Crippen molar-refractivity contribution in [3.63, 3.8) is 0 Å². The molecule has 1 aromatic carbocycles. The number of hydrogen-bond donors (Lipinski definition) is 2. The van der Waals surface area contributed by atoms with Crippen LogP contribution >= 0.6 is 11.6 Å². The number of aliphatic hydroxyl groups excluding tert-OH is 1.